The Kier molecular flexibility index (Phi) is 10.2. The normalized spacial score (nSPS) is 13.2. The molecular formula is C57H49ClFNO. The molecule has 0 aromatic heterocycles. The first-order valence-corrected chi connectivity index (χ1v) is 21.3. The van der Waals surface area contributed by atoms with E-state index >= 15 is 4.39 Å². The van der Waals surface area contributed by atoms with Gasteiger partial charge < -0.3 is 9.64 Å². The van der Waals surface area contributed by atoms with Crippen molar-refractivity contribution in [3.63, 3.8) is 0 Å². The summed E-state index contributed by atoms with van der Waals surface area (Å²) in [7, 11) is 0. The highest BCUT2D eigenvalue weighted by atomic mass is 35.5. The summed E-state index contributed by atoms with van der Waals surface area (Å²) in [6.45, 7) is 13.5. The third-order valence-electron chi connectivity index (χ3n) is 12.0. The average molecular weight is 818 g/mol. The molecule has 0 saturated heterocycles. The molecule has 0 bridgehead atoms. The number of rotatable bonds is 7. The van der Waals surface area contributed by atoms with Crippen LogP contribution in [0.1, 0.15) is 74.9 Å². The fourth-order valence-corrected chi connectivity index (χ4v) is 9.01. The zero-order chi connectivity index (χ0) is 42.5. The van der Waals surface area contributed by atoms with Crippen LogP contribution in [0.4, 0.5) is 21.5 Å². The molecule has 2 nitrogen and oxygen atoms in total. The van der Waals surface area contributed by atoms with Gasteiger partial charge in [-0.15, -0.1) is 0 Å². The van der Waals surface area contributed by atoms with E-state index in [0.29, 0.717) is 10.7 Å². The van der Waals surface area contributed by atoms with E-state index in [0.717, 1.165) is 72.9 Å². The number of fused-ring (bicyclic) bond motifs is 2. The molecule has 0 amide bonds. The maximum Gasteiger partial charge on any atom is 0.132 e. The van der Waals surface area contributed by atoms with Crippen LogP contribution in [-0.2, 0) is 16.2 Å². The molecule has 4 heteroatoms. The molecule has 8 aromatic rings. The molecule has 1 heterocycles. The number of hydrogen-bond acceptors (Lipinski definition) is 2. The molecule has 9 rings (SSSR count). The molecule has 61 heavy (non-hydrogen) atoms. The standard InChI is InChI=1S/C57H49ClFNO/c1-55(2,3)41-32-43(57(40-28-30-44(58)31-29-40)50-24-13-15-26-52(50)61-53-27-16-14-25-51(53)57)34-47(33-41)60(46-23-17-22-45(59)37-46)54-48(38-18-9-7-10-19-38)35-42(56(4,5)6)36-49(54)39-20-11-8-12-21-39/h7-37H,1-6H3. The van der Waals surface area contributed by atoms with Gasteiger partial charge in [-0.2, -0.15) is 0 Å². The van der Waals surface area contributed by atoms with Crippen molar-refractivity contribution in [2.24, 2.45) is 0 Å². The highest BCUT2D eigenvalue weighted by Crippen LogP contribution is 2.57. The Morgan fingerprint density at radius 2 is 0.984 bits per heavy atom. The molecule has 1 aliphatic heterocycles. The van der Waals surface area contributed by atoms with Gasteiger partial charge in [0, 0.05) is 38.7 Å². The lowest BCUT2D eigenvalue weighted by atomic mass is 9.63. The summed E-state index contributed by atoms with van der Waals surface area (Å²) in [6, 6.07) is 64.7. The molecule has 0 spiro atoms. The summed E-state index contributed by atoms with van der Waals surface area (Å²) in [5.41, 5.74) is 12.0. The predicted molar refractivity (Wildman–Crippen MR) is 253 cm³/mol. The molecular weight excluding hydrogens is 769 g/mol. The smallest absolute Gasteiger partial charge is 0.132 e. The SMILES string of the molecule is CC(C)(C)c1cc(N(c2cccc(F)c2)c2c(-c3ccccc3)cc(C(C)(C)C)cc2-c2ccccc2)cc(C2(c3ccc(Cl)cc3)c3ccccc3Oc3ccccc32)c1. The van der Waals surface area contributed by atoms with Crippen LogP contribution >= 0.6 is 11.6 Å². The zero-order valence-electron chi connectivity index (χ0n) is 35.5. The molecule has 0 unspecified atom stereocenters. The topological polar surface area (TPSA) is 12.5 Å². The van der Waals surface area contributed by atoms with Crippen LogP contribution in [0.2, 0.25) is 5.02 Å². The Bertz CT molecular complexity index is 2760. The fourth-order valence-electron chi connectivity index (χ4n) is 8.88. The molecule has 0 atom stereocenters. The van der Waals surface area contributed by atoms with Crippen molar-refractivity contribution < 1.29 is 9.13 Å². The van der Waals surface area contributed by atoms with Crippen molar-refractivity contribution in [1.82, 2.24) is 0 Å². The van der Waals surface area contributed by atoms with Gasteiger partial charge >= 0.3 is 0 Å². The highest BCUT2D eigenvalue weighted by Gasteiger charge is 2.46. The maximum atomic E-state index is 15.9. The van der Waals surface area contributed by atoms with Crippen LogP contribution in [0.15, 0.2) is 188 Å². The molecule has 0 radical (unpaired) electrons. The third-order valence-corrected chi connectivity index (χ3v) is 12.2. The molecule has 1 aliphatic rings. The number of hydrogen-bond donors (Lipinski definition) is 0. The maximum absolute atomic E-state index is 15.9. The van der Waals surface area contributed by atoms with Gasteiger partial charge in [-0.3, -0.25) is 0 Å². The van der Waals surface area contributed by atoms with Gasteiger partial charge in [-0.1, -0.05) is 174 Å². The Hall–Kier alpha value is -6.42. The Labute approximate surface area is 364 Å². The minimum absolute atomic E-state index is 0.163. The monoisotopic (exact) mass is 817 g/mol. The highest BCUT2D eigenvalue weighted by molar-refractivity contribution is 6.30. The van der Waals surface area contributed by atoms with E-state index in [1.54, 1.807) is 12.1 Å². The van der Waals surface area contributed by atoms with Crippen LogP contribution in [0.25, 0.3) is 22.3 Å². The molecule has 0 aliphatic carbocycles. The summed E-state index contributed by atoms with van der Waals surface area (Å²) in [4.78, 5) is 2.28. The second kappa shape index (κ2) is 15.6. The van der Waals surface area contributed by atoms with E-state index in [-0.39, 0.29) is 16.6 Å². The number of anilines is 3. The summed E-state index contributed by atoms with van der Waals surface area (Å²) in [5.74, 6) is 1.26. The number of ether oxygens (including phenoxy) is 1. The van der Waals surface area contributed by atoms with E-state index in [2.05, 4.69) is 186 Å². The van der Waals surface area contributed by atoms with E-state index in [1.807, 2.05) is 30.3 Å². The fraction of sp³-hybridized carbons (Fsp3) is 0.158. The Morgan fingerprint density at radius 1 is 0.475 bits per heavy atom. The van der Waals surface area contributed by atoms with Crippen LogP contribution in [0.5, 0.6) is 11.5 Å². The quantitative estimate of drug-likeness (QED) is 0.159. The number of nitrogens with zero attached hydrogens (tertiary/aromatic N) is 1. The second-order valence-electron chi connectivity index (χ2n) is 18.1. The van der Waals surface area contributed by atoms with Gasteiger partial charge in [0.05, 0.1) is 11.1 Å². The lowest BCUT2D eigenvalue weighted by molar-refractivity contribution is 0.434. The first-order valence-electron chi connectivity index (χ1n) is 21.0. The summed E-state index contributed by atoms with van der Waals surface area (Å²) in [6.07, 6.45) is 0. The van der Waals surface area contributed by atoms with E-state index in [9.17, 15) is 0 Å². The van der Waals surface area contributed by atoms with Gasteiger partial charge in [-0.05, 0) is 111 Å². The van der Waals surface area contributed by atoms with Crippen molar-refractivity contribution in [2.45, 2.75) is 57.8 Å². The number of benzene rings is 8. The van der Waals surface area contributed by atoms with Gasteiger partial charge in [0.2, 0.25) is 0 Å². The van der Waals surface area contributed by atoms with Crippen molar-refractivity contribution in [3.05, 3.63) is 232 Å². The summed E-state index contributed by atoms with van der Waals surface area (Å²) < 4.78 is 22.6. The van der Waals surface area contributed by atoms with Crippen molar-refractivity contribution in [2.75, 3.05) is 4.90 Å². The lowest BCUT2D eigenvalue weighted by Crippen LogP contribution is -2.35. The first kappa shape index (κ1) is 40.0. The van der Waals surface area contributed by atoms with Crippen LogP contribution < -0.4 is 9.64 Å². The molecule has 0 saturated carbocycles. The second-order valence-corrected chi connectivity index (χ2v) is 18.5. The Balaban J connectivity index is 1.46. The minimum Gasteiger partial charge on any atom is -0.457 e. The van der Waals surface area contributed by atoms with Gasteiger partial charge in [0.15, 0.2) is 0 Å². The van der Waals surface area contributed by atoms with Crippen molar-refractivity contribution in [1.29, 1.82) is 0 Å². The molecule has 0 N–H and O–H groups in total. The van der Waals surface area contributed by atoms with Crippen LogP contribution in [-0.4, -0.2) is 0 Å². The van der Waals surface area contributed by atoms with Crippen LogP contribution in [0, 0.1) is 5.82 Å². The third kappa shape index (κ3) is 7.32. The summed E-state index contributed by atoms with van der Waals surface area (Å²) in [5, 5.41) is 0.662. The van der Waals surface area contributed by atoms with Crippen molar-refractivity contribution >= 4 is 28.7 Å². The molecule has 302 valence electrons. The lowest BCUT2D eigenvalue weighted by Gasteiger charge is -2.42. The number of para-hydroxylation sites is 2. The zero-order valence-corrected chi connectivity index (χ0v) is 36.3. The molecule has 0 fully saturated rings. The van der Waals surface area contributed by atoms with Crippen LogP contribution in [0.3, 0.4) is 0 Å². The van der Waals surface area contributed by atoms with Gasteiger partial charge in [-0.25, -0.2) is 4.39 Å². The van der Waals surface area contributed by atoms with E-state index < -0.39 is 5.41 Å². The largest absolute Gasteiger partial charge is 0.457 e. The first-order chi connectivity index (χ1) is 29.3. The van der Waals surface area contributed by atoms with E-state index in [4.69, 9.17) is 16.3 Å². The minimum atomic E-state index is -0.833. The van der Waals surface area contributed by atoms with E-state index in [1.165, 1.54) is 11.6 Å². The van der Waals surface area contributed by atoms with Gasteiger partial charge in [0.25, 0.3) is 0 Å². The summed E-state index contributed by atoms with van der Waals surface area (Å²) >= 11 is 6.65. The average Bonchev–Trinajstić information content (AvgIpc) is 3.26. The van der Waals surface area contributed by atoms with Gasteiger partial charge in [0.1, 0.15) is 17.3 Å². The number of halogens is 2. The molecule has 8 aromatic carbocycles. The Morgan fingerprint density at radius 3 is 1.51 bits per heavy atom. The predicted octanol–water partition coefficient (Wildman–Crippen LogP) is 16.4. The van der Waals surface area contributed by atoms with Crippen molar-refractivity contribution in [3.8, 4) is 33.8 Å².